The molecule has 0 saturated carbocycles. The van der Waals surface area contributed by atoms with Crippen LogP contribution in [0.1, 0.15) is 5.56 Å². The van der Waals surface area contributed by atoms with Gasteiger partial charge in [0.15, 0.2) is 0 Å². The molecule has 0 unspecified atom stereocenters. The van der Waals surface area contributed by atoms with Gasteiger partial charge in [-0.25, -0.2) is 4.98 Å². The zero-order valence-electron chi connectivity index (χ0n) is 7.88. The molecule has 4 nitrogen and oxygen atoms in total. The normalized spacial score (nSPS) is 10.2. The lowest BCUT2D eigenvalue weighted by atomic mass is 10.2. The molecule has 2 aromatic rings. The smallest absolute Gasteiger partial charge is 0.280 e. The monoisotopic (exact) mass is 222 g/mol. The molecular formula is C10H10N2O2S. The van der Waals surface area contributed by atoms with Crippen molar-refractivity contribution in [1.82, 2.24) is 4.98 Å². The van der Waals surface area contributed by atoms with Gasteiger partial charge in [-0.1, -0.05) is 23.5 Å². The van der Waals surface area contributed by atoms with Crippen LogP contribution in [0.4, 0.5) is 5.00 Å². The molecule has 1 aromatic heterocycles. The SMILES string of the molecule is Nc1cnc(Oc2cccc(CO)c2)s1. The van der Waals surface area contributed by atoms with E-state index in [0.29, 0.717) is 15.9 Å². The van der Waals surface area contributed by atoms with Gasteiger partial charge in [-0.3, -0.25) is 0 Å². The highest BCUT2D eigenvalue weighted by atomic mass is 32.1. The molecule has 2 rings (SSSR count). The molecule has 0 saturated heterocycles. The Morgan fingerprint density at radius 3 is 3.00 bits per heavy atom. The third kappa shape index (κ3) is 2.45. The molecule has 0 aliphatic carbocycles. The van der Waals surface area contributed by atoms with Gasteiger partial charge in [0, 0.05) is 0 Å². The molecular weight excluding hydrogens is 212 g/mol. The minimum absolute atomic E-state index is 0.00277. The second-order valence-electron chi connectivity index (χ2n) is 2.94. The van der Waals surface area contributed by atoms with Crippen LogP contribution in [0.5, 0.6) is 10.9 Å². The topological polar surface area (TPSA) is 68.4 Å². The van der Waals surface area contributed by atoms with Crippen molar-refractivity contribution in [2.45, 2.75) is 6.61 Å². The van der Waals surface area contributed by atoms with Gasteiger partial charge in [-0.05, 0) is 17.7 Å². The fourth-order valence-electron chi connectivity index (χ4n) is 1.13. The van der Waals surface area contributed by atoms with E-state index >= 15 is 0 Å². The Kier molecular flexibility index (Phi) is 2.84. The van der Waals surface area contributed by atoms with E-state index in [2.05, 4.69) is 4.98 Å². The van der Waals surface area contributed by atoms with Crippen molar-refractivity contribution in [3.8, 4) is 10.9 Å². The van der Waals surface area contributed by atoms with Crippen molar-refractivity contribution < 1.29 is 9.84 Å². The first-order chi connectivity index (χ1) is 7.28. The summed E-state index contributed by atoms with van der Waals surface area (Å²) in [5, 5.41) is 10.1. The average Bonchev–Trinajstić information content (AvgIpc) is 2.64. The van der Waals surface area contributed by atoms with Crippen molar-refractivity contribution in [2.24, 2.45) is 0 Å². The minimum Gasteiger partial charge on any atom is -0.431 e. The Morgan fingerprint density at radius 1 is 1.47 bits per heavy atom. The predicted molar refractivity (Wildman–Crippen MR) is 59.0 cm³/mol. The van der Waals surface area contributed by atoms with Crippen LogP contribution >= 0.6 is 11.3 Å². The minimum atomic E-state index is -0.00277. The zero-order chi connectivity index (χ0) is 10.7. The summed E-state index contributed by atoms with van der Waals surface area (Å²) in [6, 6.07) is 7.20. The zero-order valence-corrected chi connectivity index (χ0v) is 8.70. The number of rotatable bonds is 3. The first-order valence-electron chi connectivity index (χ1n) is 4.37. The Morgan fingerprint density at radius 2 is 2.33 bits per heavy atom. The maximum Gasteiger partial charge on any atom is 0.280 e. The number of nitrogen functional groups attached to an aromatic ring is 1. The van der Waals surface area contributed by atoms with Crippen molar-refractivity contribution in [3.63, 3.8) is 0 Å². The molecule has 0 aliphatic heterocycles. The van der Waals surface area contributed by atoms with Gasteiger partial charge in [0.1, 0.15) is 10.8 Å². The summed E-state index contributed by atoms with van der Waals surface area (Å²) in [4.78, 5) is 3.98. The van der Waals surface area contributed by atoms with Gasteiger partial charge in [0.25, 0.3) is 5.19 Å². The summed E-state index contributed by atoms with van der Waals surface area (Å²) in [5.41, 5.74) is 6.33. The Labute approximate surface area is 91.0 Å². The lowest BCUT2D eigenvalue weighted by Crippen LogP contribution is -1.86. The molecule has 0 atom stereocenters. The number of nitrogens with two attached hydrogens (primary N) is 1. The summed E-state index contributed by atoms with van der Waals surface area (Å²) in [6.07, 6.45) is 1.55. The summed E-state index contributed by atoms with van der Waals surface area (Å²) < 4.78 is 5.46. The maximum atomic E-state index is 8.94. The molecule has 0 radical (unpaired) electrons. The number of benzene rings is 1. The molecule has 0 fully saturated rings. The highest BCUT2D eigenvalue weighted by molar-refractivity contribution is 7.17. The molecule has 0 spiro atoms. The number of hydrogen-bond donors (Lipinski definition) is 2. The lowest BCUT2D eigenvalue weighted by Gasteiger charge is -2.02. The molecule has 1 aromatic carbocycles. The van der Waals surface area contributed by atoms with Crippen LogP contribution in [0.3, 0.4) is 0 Å². The average molecular weight is 222 g/mol. The second-order valence-corrected chi connectivity index (χ2v) is 3.96. The molecule has 0 bridgehead atoms. The molecule has 1 heterocycles. The van der Waals surface area contributed by atoms with Crippen LogP contribution in [-0.4, -0.2) is 10.1 Å². The van der Waals surface area contributed by atoms with E-state index in [0.717, 1.165) is 5.56 Å². The van der Waals surface area contributed by atoms with Crippen molar-refractivity contribution in [1.29, 1.82) is 0 Å². The molecule has 0 amide bonds. The van der Waals surface area contributed by atoms with E-state index in [1.807, 2.05) is 12.1 Å². The number of nitrogens with zero attached hydrogens (tertiary/aromatic N) is 1. The fraction of sp³-hybridized carbons (Fsp3) is 0.100. The van der Waals surface area contributed by atoms with Gasteiger partial charge >= 0.3 is 0 Å². The fourth-order valence-corrected chi connectivity index (χ4v) is 1.68. The predicted octanol–water partition coefficient (Wildman–Crippen LogP) is 2.01. The lowest BCUT2D eigenvalue weighted by molar-refractivity contribution is 0.281. The van der Waals surface area contributed by atoms with Crippen molar-refractivity contribution >= 4 is 16.3 Å². The van der Waals surface area contributed by atoms with Gasteiger partial charge in [0.05, 0.1) is 12.8 Å². The molecule has 3 N–H and O–H groups in total. The summed E-state index contributed by atoms with van der Waals surface area (Å²) in [6.45, 7) is -0.00277. The second kappa shape index (κ2) is 4.29. The summed E-state index contributed by atoms with van der Waals surface area (Å²) >= 11 is 1.28. The first-order valence-corrected chi connectivity index (χ1v) is 5.18. The van der Waals surface area contributed by atoms with E-state index in [-0.39, 0.29) is 6.61 Å². The van der Waals surface area contributed by atoms with E-state index in [1.54, 1.807) is 18.3 Å². The van der Waals surface area contributed by atoms with E-state index in [9.17, 15) is 0 Å². The number of aliphatic hydroxyl groups excluding tert-OH is 1. The third-order valence-corrected chi connectivity index (χ3v) is 2.49. The van der Waals surface area contributed by atoms with Crippen LogP contribution in [0, 0.1) is 0 Å². The van der Waals surface area contributed by atoms with E-state index in [1.165, 1.54) is 11.3 Å². The van der Waals surface area contributed by atoms with Crippen molar-refractivity contribution in [2.75, 3.05) is 5.73 Å². The van der Waals surface area contributed by atoms with Gasteiger partial charge in [-0.15, -0.1) is 0 Å². The van der Waals surface area contributed by atoms with E-state index in [4.69, 9.17) is 15.6 Å². The Bertz CT molecular complexity index is 456. The first kappa shape index (κ1) is 9.95. The molecule has 5 heteroatoms. The van der Waals surface area contributed by atoms with Crippen LogP contribution in [0.2, 0.25) is 0 Å². The Balaban J connectivity index is 2.16. The number of hydrogen-bond acceptors (Lipinski definition) is 5. The third-order valence-electron chi connectivity index (χ3n) is 1.79. The molecule has 0 aliphatic rings. The summed E-state index contributed by atoms with van der Waals surface area (Å²) in [5.74, 6) is 0.649. The Hall–Kier alpha value is -1.59. The van der Waals surface area contributed by atoms with Crippen LogP contribution in [-0.2, 0) is 6.61 Å². The molecule has 78 valence electrons. The van der Waals surface area contributed by atoms with Gasteiger partial charge in [-0.2, -0.15) is 0 Å². The quantitative estimate of drug-likeness (QED) is 0.833. The van der Waals surface area contributed by atoms with Gasteiger partial charge < -0.3 is 15.6 Å². The number of ether oxygens (including phenoxy) is 1. The van der Waals surface area contributed by atoms with Crippen molar-refractivity contribution in [3.05, 3.63) is 36.0 Å². The number of thiazole rings is 1. The number of aliphatic hydroxyl groups is 1. The van der Waals surface area contributed by atoms with Gasteiger partial charge in [0.2, 0.25) is 0 Å². The van der Waals surface area contributed by atoms with Crippen LogP contribution in [0.15, 0.2) is 30.5 Å². The largest absolute Gasteiger partial charge is 0.431 e. The number of aromatic nitrogens is 1. The van der Waals surface area contributed by atoms with Crippen LogP contribution < -0.4 is 10.5 Å². The molecule has 15 heavy (non-hydrogen) atoms. The highest BCUT2D eigenvalue weighted by Gasteiger charge is 2.02. The maximum absolute atomic E-state index is 8.94. The number of anilines is 1. The standard InChI is InChI=1S/C10H10N2O2S/c11-9-5-12-10(15-9)14-8-3-1-2-7(4-8)6-13/h1-5,13H,6,11H2. The highest BCUT2D eigenvalue weighted by Crippen LogP contribution is 2.27. The summed E-state index contributed by atoms with van der Waals surface area (Å²) in [7, 11) is 0. The van der Waals surface area contributed by atoms with Crippen LogP contribution in [0.25, 0.3) is 0 Å². The van der Waals surface area contributed by atoms with E-state index < -0.39 is 0 Å².